The fraction of sp³-hybridized carbons (Fsp3) is 0.750. The first-order valence-corrected chi connectivity index (χ1v) is 8.42. The average molecular weight is 301 g/mol. The monoisotopic (exact) mass is 301 g/mol. The third-order valence-electron chi connectivity index (χ3n) is 3.62. The van der Waals surface area contributed by atoms with Gasteiger partial charge in [-0.15, -0.1) is 0 Å². The largest absolute Gasteiger partial charge is 0.301 e. The number of hydrogen-bond acceptors (Lipinski definition) is 5. The molecule has 0 unspecified atom stereocenters. The van der Waals surface area contributed by atoms with Gasteiger partial charge in [-0.25, -0.2) is 13.1 Å². The lowest BCUT2D eigenvalue weighted by Gasteiger charge is -2.33. The van der Waals surface area contributed by atoms with Crippen LogP contribution in [0.4, 0.5) is 0 Å². The van der Waals surface area contributed by atoms with Gasteiger partial charge >= 0.3 is 0 Å². The molecule has 0 aromatic carbocycles. The molecule has 114 valence electrons. The highest BCUT2D eigenvalue weighted by molar-refractivity contribution is 7.89. The van der Waals surface area contributed by atoms with Crippen LogP contribution in [0.15, 0.2) is 17.3 Å². The molecule has 0 saturated carbocycles. The van der Waals surface area contributed by atoms with Crippen LogP contribution in [0.1, 0.15) is 6.92 Å². The third kappa shape index (κ3) is 4.02. The minimum absolute atomic E-state index is 0.218. The lowest BCUT2D eigenvalue weighted by atomic mass is 10.3. The molecule has 0 aliphatic carbocycles. The van der Waals surface area contributed by atoms with Gasteiger partial charge in [0.2, 0.25) is 10.0 Å². The molecule has 1 aliphatic heterocycles. The number of nitrogens with zero attached hydrogens (tertiary/aromatic N) is 4. The van der Waals surface area contributed by atoms with Crippen LogP contribution in [0.3, 0.4) is 0 Å². The molecule has 2 heterocycles. The first kappa shape index (κ1) is 15.4. The van der Waals surface area contributed by atoms with Crippen molar-refractivity contribution in [2.45, 2.75) is 11.8 Å². The van der Waals surface area contributed by atoms with Crippen LogP contribution < -0.4 is 4.72 Å². The third-order valence-corrected chi connectivity index (χ3v) is 5.04. The Bertz CT molecular complexity index is 520. The Labute approximate surface area is 120 Å². The van der Waals surface area contributed by atoms with Crippen LogP contribution in [0, 0.1) is 0 Å². The Morgan fingerprint density at radius 2 is 1.90 bits per heavy atom. The molecule has 0 radical (unpaired) electrons. The minimum atomic E-state index is -3.43. The van der Waals surface area contributed by atoms with E-state index in [0.717, 1.165) is 39.3 Å². The second-order valence-electron chi connectivity index (χ2n) is 5.02. The van der Waals surface area contributed by atoms with E-state index in [9.17, 15) is 8.42 Å². The number of aryl methyl sites for hydroxylation is 1. The van der Waals surface area contributed by atoms with E-state index in [1.165, 1.54) is 17.1 Å². The number of likely N-dealkylation sites (N-methyl/N-ethyl adjacent to an activating group) is 1. The summed E-state index contributed by atoms with van der Waals surface area (Å²) < 4.78 is 28.1. The van der Waals surface area contributed by atoms with Crippen molar-refractivity contribution < 1.29 is 8.42 Å². The molecule has 1 aromatic rings. The lowest BCUT2D eigenvalue weighted by Crippen LogP contribution is -2.48. The van der Waals surface area contributed by atoms with Crippen molar-refractivity contribution >= 4 is 10.0 Å². The van der Waals surface area contributed by atoms with Crippen LogP contribution >= 0.6 is 0 Å². The standard InChI is InChI=1S/C12H23N5O2S/c1-3-16-6-8-17(9-7-16)5-4-14-20(18,19)12-10-13-15(2)11-12/h10-11,14H,3-9H2,1-2H3. The first-order chi connectivity index (χ1) is 9.51. The first-order valence-electron chi connectivity index (χ1n) is 6.94. The molecule has 8 heteroatoms. The minimum Gasteiger partial charge on any atom is -0.301 e. The maximum atomic E-state index is 12.0. The molecule has 0 atom stereocenters. The van der Waals surface area contributed by atoms with Crippen molar-refractivity contribution in [1.82, 2.24) is 24.3 Å². The Hall–Kier alpha value is -0.960. The van der Waals surface area contributed by atoms with Crippen LogP contribution in [-0.4, -0.2) is 73.8 Å². The van der Waals surface area contributed by atoms with E-state index in [1.54, 1.807) is 7.05 Å². The highest BCUT2D eigenvalue weighted by Gasteiger charge is 2.18. The molecular formula is C12H23N5O2S. The molecular weight excluding hydrogens is 278 g/mol. The summed E-state index contributed by atoms with van der Waals surface area (Å²) >= 11 is 0. The molecule has 1 N–H and O–H groups in total. The summed E-state index contributed by atoms with van der Waals surface area (Å²) in [7, 11) is -1.73. The Morgan fingerprint density at radius 3 is 2.45 bits per heavy atom. The smallest absolute Gasteiger partial charge is 0.243 e. The highest BCUT2D eigenvalue weighted by atomic mass is 32.2. The fourth-order valence-electron chi connectivity index (χ4n) is 2.29. The SMILES string of the molecule is CCN1CCN(CCNS(=O)(=O)c2cnn(C)c2)CC1. The zero-order valence-corrected chi connectivity index (χ0v) is 12.9. The van der Waals surface area contributed by atoms with E-state index in [0.29, 0.717) is 6.54 Å². The molecule has 0 amide bonds. The van der Waals surface area contributed by atoms with Gasteiger partial charge in [-0.2, -0.15) is 5.10 Å². The normalized spacial score (nSPS) is 18.5. The number of sulfonamides is 1. The Balaban J connectivity index is 1.76. The van der Waals surface area contributed by atoms with Gasteiger partial charge in [0.25, 0.3) is 0 Å². The van der Waals surface area contributed by atoms with Crippen LogP contribution in [0.2, 0.25) is 0 Å². The van der Waals surface area contributed by atoms with E-state index in [-0.39, 0.29) is 4.90 Å². The molecule has 2 rings (SSSR count). The van der Waals surface area contributed by atoms with Gasteiger partial charge < -0.3 is 4.90 Å². The topological polar surface area (TPSA) is 70.5 Å². The van der Waals surface area contributed by atoms with Gasteiger partial charge in [0.1, 0.15) is 4.90 Å². The summed E-state index contributed by atoms with van der Waals surface area (Å²) in [6, 6.07) is 0. The fourth-order valence-corrected chi connectivity index (χ4v) is 3.29. The number of hydrogen-bond donors (Lipinski definition) is 1. The van der Waals surface area contributed by atoms with Gasteiger partial charge in [0.05, 0.1) is 6.20 Å². The summed E-state index contributed by atoms with van der Waals surface area (Å²) in [4.78, 5) is 4.91. The molecule has 0 spiro atoms. The Kier molecular flexibility index (Phi) is 5.14. The molecule has 7 nitrogen and oxygen atoms in total. The zero-order valence-electron chi connectivity index (χ0n) is 12.1. The van der Waals surface area contributed by atoms with Gasteiger partial charge in [-0.1, -0.05) is 6.92 Å². The summed E-state index contributed by atoms with van der Waals surface area (Å²) in [5.41, 5.74) is 0. The second-order valence-corrected chi connectivity index (χ2v) is 6.79. The molecule has 1 aliphatic rings. The van der Waals surface area contributed by atoms with Crippen molar-refractivity contribution in [2.75, 3.05) is 45.8 Å². The molecule has 20 heavy (non-hydrogen) atoms. The Morgan fingerprint density at radius 1 is 1.25 bits per heavy atom. The van der Waals surface area contributed by atoms with Gasteiger partial charge in [-0.3, -0.25) is 9.58 Å². The summed E-state index contributed by atoms with van der Waals surface area (Å²) in [5, 5.41) is 3.88. The van der Waals surface area contributed by atoms with E-state index in [1.807, 2.05) is 0 Å². The van der Waals surface area contributed by atoms with Crippen molar-refractivity contribution in [3.05, 3.63) is 12.4 Å². The zero-order chi connectivity index (χ0) is 14.6. The molecule has 1 fully saturated rings. The van der Waals surface area contributed by atoms with Crippen LogP contribution in [0.5, 0.6) is 0 Å². The van der Waals surface area contributed by atoms with Crippen molar-refractivity contribution in [3.63, 3.8) is 0 Å². The highest BCUT2D eigenvalue weighted by Crippen LogP contribution is 2.06. The maximum absolute atomic E-state index is 12.0. The predicted octanol–water partition coefficient (Wildman–Crippen LogP) is -0.664. The van der Waals surface area contributed by atoms with Gasteiger partial charge in [0.15, 0.2) is 0 Å². The van der Waals surface area contributed by atoms with E-state index in [4.69, 9.17) is 0 Å². The second kappa shape index (κ2) is 6.66. The predicted molar refractivity (Wildman–Crippen MR) is 77.0 cm³/mol. The van der Waals surface area contributed by atoms with E-state index < -0.39 is 10.0 Å². The van der Waals surface area contributed by atoms with E-state index >= 15 is 0 Å². The van der Waals surface area contributed by atoms with E-state index in [2.05, 4.69) is 26.5 Å². The van der Waals surface area contributed by atoms with Gasteiger partial charge in [-0.05, 0) is 6.54 Å². The van der Waals surface area contributed by atoms with Crippen molar-refractivity contribution in [2.24, 2.45) is 7.05 Å². The van der Waals surface area contributed by atoms with Crippen molar-refractivity contribution in [3.8, 4) is 0 Å². The lowest BCUT2D eigenvalue weighted by molar-refractivity contribution is 0.139. The number of nitrogens with one attached hydrogen (secondary N) is 1. The summed E-state index contributed by atoms with van der Waals surface area (Å²) in [6.45, 7) is 8.56. The summed E-state index contributed by atoms with van der Waals surface area (Å²) in [6.07, 6.45) is 2.87. The van der Waals surface area contributed by atoms with Crippen molar-refractivity contribution in [1.29, 1.82) is 0 Å². The quantitative estimate of drug-likeness (QED) is 0.755. The number of aromatic nitrogens is 2. The number of rotatable bonds is 6. The van der Waals surface area contributed by atoms with Crippen LogP contribution in [-0.2, 0) is 17.1 Å². The average Bonchev–Trinajstić information content (AvgIpc) is 2.87. The maximum Gasteiger partial charge on any atom is 0.243 e. The van der Waals surface area contributed by atoms with Gasteiger partial charge in [0, 0.05) is 52.5 Å². The molecule has 1 aromatic heterocycles. The van der Waals surface area contributed by atoms with Crippen LogP contribution in [0.25, 0.3) is 0 Å². The molecule has 1 saturated heterocycles. The number of piperazine rings is 1. The molecule has 0 bridgehead atoms. The summed E-state index contributed by atoms with van der Waals surface area (Å²) in [5.74, 6) is 0.